The van der Waals surface area contributed by atoms with E-state index in [1.54, 1.807) is 44.8 Å². The van der Waals surface area contributed by atoms with Gasteiger partial charge in [-0.25, -0.2) is 9.79 Å². The summed E-state index contributed by atoms with van der Waals surface area (Å²) in [5.41, 5.74) is 3.37. The van der Waals surface area contributed by atoms with Crippen molar-refractivity contribution in [2.24, 2.45) is 4.99 Å². The molecule has 0 amide bonds. The average molecular weight is 600 g/mol. The van der Waals surface area contributed by atoms with Gasteiger partial charge in [0.05, 0.1) is 42.7 Å². The second kappa shape index (κ2) is 10.9. The van der Waals surface area contributed by atoms with E-state index in [2.05, 4.69) is 53.8 Å². The summed E-state index contributed by atoms with van der Waals surface area (Å²) < 4.78 is 19.1. The summed E-state index contributed by atoms with van der Waals surface area (Å²) in [6.07, 6.45) is 1.86. The first-order valence-electron chi connectivity index (χ1n) is 12.2. The van der Waals surface area contributed by atoms with E-state index in [1.165, 1.54) is 16.9 Å². The lowest BCUT2D eigenvalue weighted by Crippen LogP contribution is -2.40. The second-order valence-electron chi connectivity index (χ2n) is 9.90. The van der Waals surface area contributed by atoms with E-state index in [4.69, 9.17) is 14.2 Å². The minimum Gasteiger partial charge on any atom is -0.493 e. The van der Waals surface area contributed by atoms with Gasteiger partial charge >= 0.3 is 5.97 Å². The number of carbonyl (C=O) groups excluding carboxylic acids is 1. The Bertz CT molecular complexity index is 1590. The molecule has 0 N–H and O–H groups in total. The zero-order chi connectivity index (χ0) is 27.8. The van der Waals surface area contributed by atoms with Crippen LogP contribution in [-0.2, 0) is 14.9 Å². The number of nitrogens with zero attached hydrogens (tertiary/aromatic N) is 2. The lowest BCUT2D eigenvalue weighted by atomic mass is 9.87. The summed E-state index contributed by atoms with van der Waals surface area (Å²) >= 11 is 4.91. The molecule has 0 bridgehead atoms. The molecule has 4 rings (SSSR count). The Morgan fingerprint density at radius 2 is 1.76 bits per heavy atom. The van der Waals surface area contributed by atoms with E-state index in [9.17, 15) is 9.59 Å². The van der Waals surface area contributed by atoms with Crippen molar-refractivity contribution in [3.63, 3.8) is 0 Å². The minimum absolute atomic E-state index is 0.0334. The SMILES string of the molecule is CCOC(=O)C1=C(C)N=c2s/c(=C\c3ccc(C(C)(C)C)cc3)c(=O)n2[C@H]1c1cc(OC)c(OC)cc1Br. The number of thiazole rings is 1. The molecule has 0 saturated carbocycles. The van der Waals surface area contributed by atoms with Gasteiger partial charge in [0.25, 0.3) is 5.56 Å². The van der Waals surface area contributed by atoms with Gasteiger partial charge in [-0.15, -0.1) is 0 Å². The number of hydrogen-bond acceptors (Lipinski definition) is 7. The van der Waals surface area contributed by atoms with Crippen LogP contribution < -0.4 is 24.4 Å². The summed E-state index contributed by atoms with van der Waals surface area (Å²) in [5.74, 6) is 0.477. The van der Waals surface area contributed by atoms with E-state index in [0.717, 1.165) is 5.56 Å². The maximum Gasteiger partial charge on any atom is 0.338 e. The highest BCUT2D eigenvalue weighted by Gasteiger charge is 2.35. The molecule has 0 radical (unpaired) electrons. The molecule has 2 heterocycles. The third kappa shape index (κ3) is 5.22. The Hall–Kier alpha value is -3.17. The number of esters is 1. The predicted octanol–water partition coefficient (Wildman–Crippen LogP) is 4.88. The average Bonchev–Trinajstić information content (AvgIpc) is 3.17. The quantitative estimate of drug-likeness (QED) is 0.378. The zero-order valence-electron chi connectivity index (χ0n) is 22.5. The molecule has 1 aliphatic rings. The van der Waals surface area contributed by atoms with Gasteiger partial charge in [-0.2, -0.15) is 0 Å². The van der Waals surface area contributed by atoms with Gasteiger partial charge in [0.2, 0.25) is 0 Å². The molecule has 7 nitrogen and oxygen atoms in total. The third-order valence-electron chi connectivity index (χ3n) is 6.39. The Morgan fingerprint density at radius 3 is 2.34 bits per heavy atom. The van der Waals surface area contributed by atoms with Crippen LogP contribution >= 0.6 is 27.3 Å². The third-order valence-corrected chi connectivity index (χ3v) is 8.06. The van der Waals surface area contributed by atoms with Crippen molar-refractivity contribution in [3.05, 3.63) is 88.5 Å². The van der Waals surface area contributed by atoms with Crippen LogP contribution in [-0.4, -0.2) is 31.4 Å². The summed E-state index contributed by atoms with van der Waals surface area (Å²) in [5, 5.41) is 0. The smallest absolute Gasteiger partial charge is 0.338 e. The van der Waals surface area contributed by atoms with Crippen LogP contribution in [0.15, 0.2) is 61.9 Å². The van der Waals surface area contributed by atoms with Crippen molar-refractivity contribution >= 4 is 39.3 Å². The molecule has 0 unspecified atom stereocenters. The number of hydrogen-bond donors (Lipinski definition) is 0. The normalized spacial score (nSPS) is 15.7. The van der Waals surface area contributed by atoms with Gasteiger partial charge in [-0.1, -0.05) is 72.3 Å². The molecular weight excluding hydrogens is 568 g/mol. The number of aromatic nitrogens is 1. The number of ether oxygens (including phenoxy) is 3. The van der Waals surface area contributed by atoms with Gasteiger partial charge in [-0.3, -0.25) is 9.36 Å². The molecule has 0 spiro atoms. The largest absolute Gasteiger partial charge is 0.493 e. The topological polar surface area (TPSA) is 79.1 Å². The van der Waals surface area contributed by atoms with Gasteiger partial charge in [0.1, 0.15) is 0 Å². The highest BCUT2D eigenvalue weighted by molar-refractivity contribution is 9.10. The maximum absolute atomic E-state index is 13.9. The number of methoxy groups -OCH3 is 2. The first-order valence-corrected chi connectivity index (χ1v) is 13.8. The first-order chi connectivity index (χ1) is 18.0. The standard InChI is InChI=1S/C29H31BrN2O5S/c1-8-37-27(34)24-16(2)31-28-32(25(24)19-14-21(35-6)22(36-7)15-20(19)30)26(33)23(38-28)13-17-9-11-18(12-10-17)29(3,4)5/h9-15,25H,8H2,1-7H3/b23-13-/t25-/m0/s1. The minimum atomic E-state index is -0.773. The van der Waals surface area contributed by atoms with Gasteiger partial charge in [-0.05, 0) is 54.2 Å². The molecule has 1 atom stereocenters. The highest BCUT2D eigenvalue weighted by Crippen LogP contribution is 2.40. The van der Waals surface area contributed by atoms with E-state index in [0.29, 0.717) is 42.1 Å². The van der Waals surface area contributed by atoms with Crippen molar-refractivity contribution in [2.45, 2.75) is 46.1 Å². The Labute approximate surface area is 234 Å². The summed E-state index contributed by atoms with van der Waals surface area (Å²) in [6, 6.07) is 10.9. The van der Waals surface area contributed by atoms with Crippen LogP contribution in [0.25, 0.3) is 6.08 Å². The van der Waals surface area contributed by atoms with Gasteiger partial charge in [0, 0.05) is 4.47 Å². The summed E-state index contributed by atoms with van der Waals surface area (Å²) in [6.45, 7) is 10.2. The van der Waals surface area contributed by atoms with Crippen LogP contribution in [0.3, 0.4) is 0 Å². The van der Waals surface area contributed by atoms with Crippen LogP contribution in [0, 0.1) is 0 Å². The Balaban J connectivity index is 1.95. The van der Waals surface area contributed by atoms with Gasteiger partial charge < -0.3 is 14.2 Å². The molecule has 3 aromatic rings. The number of benzene rings is 2. The fourth-order valence-electron chi connectivity index (χ4n) is 4.40. The lowest BCUT2D eigenvalue weighted by molar-refractivity contribution is -0.139. The van der Waals surface area contributed by atoms with Crippen LogP contribution in [0.5, 0.6) is 11.5 Å². The molecule has 1 aromatic heterocycles. The number of rotatable bonds is 6. The van der Waals surface area contributed by atoms with Crippen molar-refractivity contribution < 1.29 is 19.0 Å². The number of fused-ring (bicyclic) bond motifs is 1. The van der Waals surface area contributed by atoms with Crippen LogP contribution in [0.1, 0.15) is 57.4 Å². The maximum atomic E-state index is 13.9. The molecule has 0 aliphatic carbocycles. The van der Waals surface area contributed by atoms with E-state index < -0.39 is 12.0 Å². The van der Waals surface area contributed by atoms with Crippen molar-refractivity contribution in [1.29, 1.82) is 0 Å². The number of halogens is 1. The van der Waals surface area contributed by atoms with Gasteiger partial charge in [0.15, 0.2) is 16.3 Å². The van der Waals surface area contributed by atoms with Crippen LogP contribution in [0.2, 0.25) is 0 Å². The second-order valence-corrected chi connectivity index (χ2v) is 11.8. The molecule has 0 saturated heterocycles. The molecule has 9 heteroatoms. The molecule has 2 aromatic carbocycles. The fraction of sp³-hybridized carbons (Fsp3) is 0.345. The van der Waals surface area contributed by atoms with Crippen molar-refractivity contribution in [3.8, 4) is 11.5 Å². The lowest BCUT2D eigenvalue weighted by Gasteiger charge is -2.26. The van der Waals surface area contributed by atoms with Crippen LogP contribution in [0.4, 0.5) is 0 Å². The molecule has 200 valence electrons. The van der Waals surface area contributed by atoms with Crippen molar-refractivity contribution in [2.75, 3.05) is 20.8 Å². The molecular formula is C29H31BrN2O5S. The monoisotopic (exact) mass is 598 g/mol. The Kier molecular flexibility index (Phi) is 7.99. The first kappa shape index (κ1) is 27.9. The predicted molar refractivity (Wildman–Crippen MR) is 153 cm³/mol. The van der Waals surface area contributed by atoms with E-state index >= 15 is 0 Å². The molecule has 0 fully saturated rings. The van der Waals surface area contributed by atoms with E-state index in [1.807, 2.05) is 18.2 Å². The zero-order valence-corrected chi connectivity index (χ0v) is 25.0. The molecule has 1 aliphatic heterocycles. The van der Waals surface area contributed by atoms with E-state index in [-0.39, 0.29) is 17.6 Å². The Morgan fingerprint density at radius 1 is 1.13 bits per heavy atom. The summed E-state index contributed by atoms with van der Waals surface area (Å²) in [7, 11) is 3.09. The number of allylic oxidation sites excluding steroid dienone is 1. The highest BCUT2D eigenvalue weighted by atomic mass is 79.9. The summed E-state index contributed by atoms with van der Waals surface area (Å²) in [4.78, 5) is 32.2. The van der Waals surface area contributed by atoms with Crippen molar-refractivity contribution in [1.82, 2.24) is 4.57 Å². The molecule has 38 heavy (non-hydrogen) atoms. The number of carbonyl (C=O) groups is 1. The fourth-order valence-corrected chi connectivity index (χ4v) is 5.98.